The SMILES string of the molecule is CCOC(=O)c1cc(CC)sc1NS(=O)(=O)c1cnc[nH]1. The molecule has 2 heterocycles. The van der Waals surface area contributed by atoms with E-state index in [0.717, 1.165) is 4.88 Å². The van der Waals surface area contributed by atoms with Gasteiger partial charge < -0.3 is 9.72 Å². The third-order valence-electron chi connectivity index (χ3n) is 2.62. The van der Waals surface area contributed by atoms with Crippen molar-refractivity contribution in [3.63, 3.8) is 0 Å². The molecule has 0 aliphatic rings. The zero-order valence-corrected chi connectivity index (χ0v) is 13.2. The molecule has 0 spiro atoms. The second kappa shape index (κ2) is 6.27. The van der Waals surface area contributed by atoms with E-state index in [1.807, 2.05) is 6.92 Å². The molecule has 2 aromatic rings. The molecule has 0 fully saturated rings. The van der Waals surface area contributed by atoms with Gasteiger partial charge in [0.2, 0.25) is 0 Å². The van der Waals surface area contributed by atoms with E-state index in [-0.39, 0.29) is 22.2 Å². The molecule has 2 N–H and O–H groups in total. The minimum atomic E-state index is -3.80. The average Bonchev–Trinajstić information content (AvgIpc) is 3.07. The van der Waals surface area contributed by atoms with E-state index in [1.54, 1.807) is 13.0 Å². The van der Waals surface area contributed by atoms with Crippen LogP contribution in [-0.4, -0.2) is 31.0 Å². The maximum atomic E-state index is 12.2. The molecule has 0 aliphatic heterocycles. The lowest BCUT2D eigenvalue weighted by Crippen LogP contribution is -2.15. The van der Waals surface area contributed by atoms with E-state index < -0.39 is 16.0 Å². The third kappa shape index (κ3) is 3.42. The second-order valence-corrected chi connectivity index (χ2v) is 6.84. The van der Waals surface area contributed by atoms with Crippen LogP contribution in [0.25, 0.3) is 0 Å². The molecule has 0 saturated heterocycles. The summed E-state index contributed by atoms with van der Waals surface area (Å²) < 4.78 is 31.7. The van der Waals surface area contributed by atoms with Crippen molar-refractivity contribution in [3.05, 3.63) is 29.0 Å². The number of ether oxygens (including phenoxy) is 1. The Morgan fingerprint density at radius 3 is 2.81 bits per heavy atom. The predicted octanol–water partition coefficient (Wildman–Crippen LogP) is 2.01. The average molecular weight is 329 g/mol. The van der Waals surface area contributed by atoms with Gasteiger partial charge in [-0.05, 0) is 19.4 Å². The van der Waals surface area contributed by atoms with Crippen LogP contribution in [0.15, 0.2) is 23.6 Å². The lowest BCUT2D eigenvalue weighted by molar-refractivity contribution is 0.0528. The molecule has 0 bridgehead atoms. The van der Waals surface area contributed by atoms with E-state index >= 15 is 0 Å². The lowest BCUT2D eigenvalue weighted by Gasteiger charge is -2.06. The van der Waals surface area contributed by atoms with Crippen LogP contribution in [0.4, 0.5) is 5.00 Å². The van der Waals surface area contributed by atoms with E-state index in [2.05, 4.69) is 14.7 Å². The van der Waals surface area contributed by atoms with Crippen molar-refractivity contribution in [2.24, 2.45) is 0 Å². The Morgan fingerprint density at radius 1 is 1.48 bits per heavy atom. The van der Waals surface area contributed by atoms with Gasteiger partial charge in [-0.1, -0.05) is 6.92 Å². The number of rotatable bonds is 6. The number of nitrogens with one attached hydrogen (secondary N) is 2. The van der Waals surface area contributed by atoms with Gasteiger partial charge in [0, 0.05) is 4.88 Å². The van der Waals surface area contributed by atoms with Crippen LogP contribution in [0.2, 0.25) is 0 Å². The highest BCUT2D eigenvalue weighted by Crippen LogP contribution is 2.31. The van der Waals surface area contributed by atoms with Crippen LogP contribution in [0.1, 0.15) is 29.1 Å². The number of thiophene rings is 1. The van der Waals surface area contributed by atoms with Crippen LogP contribution >= 0.6 is 11.3 Å². The number of H-pyrrole nitrogens is 1. The molecule has 9 heteroatoms. The first-order valence-corrected chi connectivity index (χ1v) is 8.59. The van der Waals surface area contributed by atoms with Crippen molar-refractivity contribution in [1.82, 2.24) is 9.97 Å². The number of esters is 1. The van der Waals surface area contributed by atoms with E-state index in [1.165, 1.54) is 23.9 Å². The van der Waals surface area contributed by atoms with Gasteiger partial charge in [-0.2, -0.15) is 8.42 Å². The molecule has 0 saturated carbocycles. The minimum absolute atomic E-state index is 0.0660. The van der Waals surface area contributed by atoms with Gasteiger partial charge in [0.1, 0.15) is 5.00 Å². The first kappa shape index (κ1) is 15.5. The number of carbonyl (C=O) groups is 1. The highest BCUT2D eigenvalue weighted by Gasteiger charge is 2.23. The lowest BCUT2D eigenvalue weighted by atomic mass is 10.2. The number of anilines is 1. The number of hydrogen-bond donors (Lipinski definition) is 2. The molecule has 0 aromatic carbocycles. The fourth-order valence-electron chi connectivity index (χ4n) is 1.62. The van der Waals surface area contributed by atoms with Crippen LogP contribution in [0, 0.1) is 0 Å². The van der Waals surface area contributed by atoms with E-state index in [0.29, 0.717) is 6.42 Å². The summed E-state index contributed by atoms with van der Waals surface area (Å²) in [6, 6.07) is 1.65. The quantitative estimate of drug-likeness (QED) is 0.790. The molecule has 0 amide bonds. The summed E-state index contributed by atoms with van der Waals surface area (Å²) in [5, 5.41) is 0.184. The van der Waals surface area contributed by atoms with Crippen LogP contribution in [0.3, 0.4) is 0 Å². The smallest absolute Gasteiger partial charge is 0.341 e. The number of sulfonamides is 1. The molecule has 0 unspecified atom stereocenters. The molecule has 0 atom stereocenters. The first-order chi connectivity index (χ1) is 9.97. The molecule has 7 nitrogen and oxygen atoms in total. The first-order valence-electron chi connectivity index (χ1n) is 6.29. The van der Waals surface area contributed by atoms with Gasteiger partial charge in [0.05, 0.1) is 24.7 Å². The number of nitrogens with zero attached hydrogens (tertiary/aromatic N) is 1. The van der Waals surface area contributed by atoms with Crippen molar-refractivity contribution < 1.29 is 17.9 Å². The van der Waals surface area contributed by atoms with Crippen molar-refractivity contribution >= 4 is 32.3 Å². The number of carbonyl (C=O) groups excluding carboxylic acids is 1. The summed E-state index contributed by atoms with van der Waals surface area (Å²) in [4.78, 5) is 19.0. The Hall–Kier alpha value is -1.87. The fourth-order valence-corrected chi connectivity index (χ4v) is 3.82. The molecule has 2 rings (SSSR count). The van der Waals surface area contributed by atoms with Gasteiger partial charge in [0.25, 0.3) is 10.0 Å². The van der Waals surface area contributed by atoms with Crippen LogP contribution < -0.4 is 4.72 Å². The topological polar surface area (TPSA) is 101 Å². The predicted molar refractivity (Wildman–Crippen MR) is 79.0 cm³/mol. The largest absolute Gasteiger partial charge is 0.462 e. The third-order valence-corrected chi connectivity index (χ3v) is 5.22. The van der Waals surface area contributed by atoms with E-state index in [4.69, 9.17) is 4.74 Å². The van der Waals surface area contributed by atoms with Gasteiger partial charge in [-0.15, -0.1) is 11.3 Å². The van der Waals surface area contributed by atoms with Crippen molar-refractivity contribution in [2.45, 2.75) is 25.3 Å². The Labute approximate surface area is 126 Å². The molecule has 0 aliphatic carbocycles. The Bertz CT molecular complexity index is 720. The van der Waals surface area contributed by atoms with Gasteiger partial charge in [-0.3, -0.25) is 4.72 Å². The summed E-state index contributed by atoms with van der Waals surface area (Å²) in [5.41, 5.74) is 0.224. The summed E-state index contributed by atoms with van der Waals surface area (Å²) in [6.45, 7) is 3.84. The normalized spacial score (nSPS) is 11.3. The fraction of sp³-hybridized carbons (Fsp3) is 0.333. The Balaban J connectivity index is 2.35. The number of aryl methyl sites for hydroxylation is 1. The number of aromatic nitrogens is 2. The number of imidazole rings is 1. The monoisotopic (exact) mass is 329 g/mol. The maximum Gasteiger partial charge on any atom is 0.341 e. The minimum Gasteiger partial charge on any atom is -0.462 e. The molecule has 114 valence electrons. The molecule has 0 radical (unpaired) electrons. The molecular weight excluding hydrogens is 314 g/mol. The molecular formula is C12H15N3O4S2. The van der Waals surface area contributed by atoms with Crippen molar-refractivity contribution in [2.75, 3.05) is 11.3 Å². The standard InChI is InChI=1S/C12H15N3O4S2/c1-3-8-5-9(12(16)19-4-2)11(20-8)15-21(17,18)10-6-13-7-14-10/h5-7,15H,3-4H2,1-2H3,(H,13,14). The Morgan fingerprint density at radius 2 is 2.24 bits per heavy atom. The number of hydrogen-bond acceptors (Lipinski definition) is 6. The van der Waals surface area contributed by atoms with Gasteiger partial charge in [0.15, 0.2) is 5.03 Å². The van der Waals surface area contributed by atoms with Crippen molar-refractivity contribution in [3.8, 4) is 0 Å². The van der Waals surface area contributed by atoms with E-state index in [9.17, 15) is 13.2 Å². The van der Waals surface area contributed by atoms with Gasteiger partial charge >= 0.3 is 5.97 Å². The number of aromatic amines is 1. The maximum absolute atomic E-state index is 12.2. The van der Waals surface area contributed by atoms with Crippen molar-refractivity contribution in [1.29, 1.82) is 0 Å². The highest BCUT2D eigenvalue weighted by molar-refractivity contribution is 7.92. The summed E-state index contributed by atoms with van der Waals surface area (Å²) >= 11 is 1.21. The summed E-state index contributed by atoms with van der Waals surface area (Å²) in [5.74, 6) is -0.546. The highest BCUT2D eigenvalue weighted by atomic mass is 32.2. The zero-order valence-electron chi connectivity index (χ0n) is 11.5. The second-order valence-electron chi connectivity index (χ2n) is 4.05. The Kier molecular flexibility index (Phi) is 4.63. The molecule has 21 heavy (non-hydrogen) atoms. The molecule has 2 aromatic heterocycles. The van der Waals surface area contributed by atoms with Crippen LogP contribution in [-0.2, 0) is 21.2 Å². The zero-order chi connectivity index (χ0) is 15.5. The summed E-state index contributed by atoms with van der Waals surface area (Å²) in [7, 11) is -3.80. The summed E-state index contributed by atoms with van der Waals surface area (Å²) in [6.07, 6.45) is 3.16. The van der Waals surface area contributed by atoms with Gasteiger partial charge in [-0.25, -0.2) is 9.78 Å². The van der Waals surface area contributed by atoms with Crippen LogP contribution in [0.5, 0.6) is 0 Å².